The minimum atomic E-state index is -3.13. The van der Waals surface area contributed by atoms with Crippen molar-refractivity contribution in [3.8, 4) is 0 Å². The summed E-state index contributed by atoms with van der Waals surface area (Å²) in [6, 6.07) is 6.99. The highest BCUT2D eigenvalue weighted by Crippen LogP contribution is 2.35. The van der Waals surface area contributed by atoms with E-state index in [0.717, 1.165) is 31.1 Å². The summed E-state index contributed by atoms with van der Waals surface area (Å²) >= 11 is 0. The number of aldehydes is 1. The summed E-state index contributed by atoms with van der Waals surface area (Å²) < 4.78 is 24.3. The summed E-state index contributed by atoms with van der Waals surface area (Å²) in [4.78, 5) is 11.8. The molecule has 1 aromatic rings. The molecule has 0 aromatic heterocycles. The number of sulfone groups is 1. The SMILES string of the molecule is O=CC(CC1CCCC1)c1ccc(S(=O)(=O)C2CC2)cc1. The van der Waals surface area contributed by atoms with Gasteiger partial charge in [0.1, 0.15) is 6.29 Å². The molecule has 21 heavy (non-hydrogen) atoms. The summed E-state index contributed by atoms with van der Waals surface area (Å²) in [6.45, 7) is 0. The van der Waals surface area contributed by atoms with Gasteiger partial charge in [-0.05, 0) is 42.9 Å². The average molecular weight is 306 g/mol. The Kier molecular flexibility index (Phi) is 4.16. The molecule has 3 rings (SSSR count). The zero-order chi connectivity index (χ0) is 14.9. The van der Waals surface area contributed by atoms with E-state index in [1.165, 1.54) is 25.7 Å². The van der Waals surface area contributed by atoms with Crippen molar-refractivity contribution in [2.75, 3.05) is 0 Å². The standard InChI is InChI=1S/C17H22O3S/c18-12-15(11-13-3-1-2-4-13)14-5-7-16(8-6-14)21(19,20)17-9-10-17/h5-8,12-13,15,17H,1-4,9-11H2. The first kappa shape index (κ1) is 14.8. The molecule has 0 spiro atoms. The van der Waals surface area contributed by atoms with Crippen LogP contribution in [0.2, 0.25) is 0 Å². The van der Waals surface area contributed by atoms with Crippen molar-refractivity contribution in [2.45, 2.75) is 61.0 Å². The number of hydrogen-bond donors (Lipinski definition) is 0. The molecule has 1 aromatic carbocycles. The van der Waals surface area contributed by atoms with Crippen LogP contribution in [0.25, 0.3) is 0 Å². The third kappa shape index (κ3) is 3.20. The molecule has 2 saturated carbocycles. The molecule has 1 atom stereocenters. The summed E-state index contributed by atoms with van der Waals surface area (Å²) in [7, 11) is -3.13. The zero-order valence-corrected chi connectivity index (χ0v) is 13.0. The molecule has 1 unspecified atom stereocenters. The van der Waals surface area contributed by atoms with Crippen LogP contribution < -0.4 is 0 Å². The summed E-state index contributed by atoms with van der Waals surface area (Å²) in [5.74, 6) is 0.556. The first-order chi connectivity index (χ1) is 10.1. The van der Waals surface area contributed by atoms with Crippen LogP contribution in [-0.2, 0) is 14.6 Å². The van der Waals surface area contributed by atoms with Crippen molar-refractivity contribution in [2.24, 2.45) is 5.92 Å². The number of hydrogen-bond acceptors (Lipinski definition) is 3. The van der Waals surface area contributed by atoms with E-state index in [4.69, 9.17) is 0 Å². The molecule has 2 aliphatic rings. The van der Waals surface area contributed by atoms with Gasteiger partial charge in [-0.25, -0.2) is 8.42 Å². The van der Waals surface area contributed by atoms with Crippen LogP contribution in [0.15, 0.2) is 29.2 Å². The molecule has 2 fully saturated rings. The maximum atomic E-state index is 12.2. The van der Waals surface area contributed by atoms with Crippen molar-refractivity contribution in [1.29, 1.82) is 0 Å². The van der Waals surface area contributed by atoms with Gasteiger partial charge in [0.2, 0.25) is 0 Å². The fraction of sp³-hybridized carbons (Fsp3) is 0.588. The molecule has 114 valence electrons. The lowest BCUT2D eigenvalue weighted by Crippen LogP contribution is -2.09. The Balaban J connectivity index is 1.74. The van der Waals surface area contributed by atoms with Crippen LogP contribution in [0.3, 0.4) is 0 Å². The Bertz CT molecular complexity index is 593. The molecule has 2 aliphatic carbocycles. The van der Waals surface area contributed by atoms with Gasteiger partial charge in [0.05, 0.1) is 10.1 Å². The van der Waals surface area contributed by atoms with E-state index in [-0.39, 0.29) is 11.2 Å². The third-order valence-corrected chi connectivity index (χ3v) is 7.10. The molecule has 0 amide bonds. The Morgan fingerprint density at radius 1 is 1.05 bits per heavy atom. The van der Waals surface area contributed by atoms with E-state index in [1.807, 2.05) is 12.1 Å². The van der Waals surface area contributed by atoms with Gasteiger partial charge in [0.15, 0.2) is 9.84 Å². The first-order valence-electron chi connectivity index (χ1n) is 7.90. The fourth-order valence-corrected chi connectivity index (χ4v) is 5.01. The second-order valence-electron chi connectivity index (χ2n) is 6.44. The lowest BCUT2D eigenvalue weighted by Gasteiger charge is -2.16. The van der Waals surface area contributed by atoms with Crippen molar-refractivity contribution < 1.29 is 13.2 Å². The molecule has 3 nitrogen and oxygen atoms in total. The highest BCUT2D eigenvalue weighted by molar-refractivity contribution is 7.92. The third-order valence-electron chi connectivity index (χ3n) is 4.83. The van der Waals surface area contributed by atoms with Gasteiger partial charge in [0, 0.05) is 5.92 Å². The minimum Gasteiger partial charge on any atom is -0.303 e. The van der Waals surface area contributed by atoms with Gasteiger partial charge < -0.3 is 4.79 Å². The van der Waals surface area contributed by atoms with Crippen molar-refractivity contribution in [1.82, 2.24) is 0 Å². The van der Waals surface area contributed by atoms with Gasteiger partial charge >= 0.3 is 0 Å². The predicted octanol–water partition coefficient (Wildman–Crippen LogP) is 3.49. The average Bonchev–Trinajstić information content (AvgIpc) is 3.24. The molecule has 0 heterocycles. The van der Waals surface area contributed by atoms with Crippen molar-refractivity contribution in [3.05, 3.63) is 29.8 Å². The second-order valence-corrected chi connectivity index (χ2v) is 8.67. The van der Waals surface area contributed by atoms with Gasteiger partial charge in [-0.2, -0.15) is 0 Å². The number of carbonyl (C=O) groups excluding carboxylic acids is 1. The maximum absolute atomic E-state index is 12.2. The first-order valence-corrected chi connectivity index (χ1v) is 9.45. The Labute approximate surface area is 126 Å². The monoisotopic (exact) mass is 306 g/mol. The quantitative estimate of drug-likeness (QED) is 0.756. The van der Waals surface area contributed by atoms with Crippen LogP contribution in [-0.4, -0.2) is 20.0 Å². The fourth-order valence-electron chi connectivity index (χ4n) is 3.35. The van der Waals surface area contributed by atoms with Gasteiger partial charge in [-0.15, -0.1) is 0 Å². The molecule has 4 heteroatoms. The van der Waals surface area contributed by atoms with Gasteiger partial charge in [-0.3, -0.25) is 0 Å². The normalized spacial score (nSPS) is 21.3. The van der Waals surface area contributed by atoms with Crippen LogP contribution >= 0.6 is 0 Å². The Hall–Kier alpha value is -1.16. The molecular formula is C17H22O3S. The Morgan fingerprint density at radius 2 is 1.67 bits per heavy atom. The number of rotatable bonds is 6. The van der Waals surface area contributed by atoms with E-state index in [9.17, 15) is 13.2 Å². The molecule has 0 aliphatic heterocycles. The summed E-state index contributed by atoms with van der Waals surface area (Å²) in [5, 5.41) is -0.177. The van der Waals surface area contributed by atoms with E-state index >= 15 is 0 Å². The smallest absolute Gasteiger partial charge is 0.181 e. The Morgan fingerprint density at radius 3 is 2.19 bits per heavy atom. The van der Waals surface area contributed by atoms with Crippen molar-refractivity contribution >= 4 is 16.1 Å². The highest BCUT2D eigenvalue weighted by atomic mass is 32.2. The van der Waals surface area contributed by atoms with Crippen LogP contribution in [0.4, 0.5) is 0 Å². The van der Waals surface area contributed by atoms with Crippen LogP contribution in [0.1, 0.15) is 56.4 Å². The van der Waals surface area contributed by atoms with E-state index in [2.05, 4.69) is 0 Å². The lowest BCUT2D eigenvalue weighted by molar-refractivity contribution is -0.109. The maximum Gasteiger partial charge on any atom is 0.181 e. The summed E-state index contributed by atoms with van der Waals surface area (Å²) in [5.41, 5.74) is 0.951. The van der Waals surface area contributed by atoms with E-state index in [1.54, 1.807) is 12.1 Å². The largest absolute Gasteiger partial charge is 0.303 e. The highest BCUT2D eigenvalue weighted by Gasteiger charge is 2.36. The number of benzene rings is 1. The van der Waals surface area contributed by atoms with Crippen LogP contribution in [0.5, 0.6) is 0 Å². The topological polar surface area (TPSA) is 51.2 Å². The van der Waals surface area contributed by atoms with Gasteiger partial charge in [-0.1, -0.05) is 37.8 Å². The van der Waals surface area contributed by atoms with E-state index in [0.29, 0.717) is 10.8 Å². The zero-order valence-electron chi connectivity index (χ0n) is 12.2. The minimum absolute atomic E-state index is 0.0919. The second kappa shape index (κ2) is 5.91. The number of carbonyl (C=O) groups is 1. The molecule has 0 bridgehead atoms. The molecule has 0 radical (unpaired) electrons. The molecular weight excluding hydrogens is 284 g/mol. The van der Waals surface area contributed by atoms with Crippen molar-refractivity contribution in [3.63, 3.8) is 0 Å². The van der Waals surface area contributed by atoms with Gasteiger partial charge in [0.25, 0.3) is 0 Å². The predicted molar refractivity (Wildman–Crippen MR) is 82.0 cm³/mol. The lowest BCUT2D eigenvalue weighted by atomic mass is 9.89. The van der Waals surface area contributed by atoms with Crippen LogP contribution in [0, 0.1) is 5.92 Å². The summed E-state index contributed by atoms with van der Waals surface area (Å²) in [6.07, 6.45) is 8.47. The molecule has 0 saturated heterocycles. The van der Waals surface area contributed by atoms with E-state index < -0.39 is 9.84 Å². The molecule has 0 N–H and O–H groups in total.